The number of aryl methyl sites for hydroxylation is 1. The van der Waals surface area contributed by atoms with Crippen molar-refractivity contribution in [2.45, 2.75) is 17.2 Å². The van der Waals surface area contributed by atoms with Gasteiger partial charge in [0.15, 0.2) is 5.37 Å². The first-order chi connectivity index (χ1) is 10.3. The molecule has 2 aromatic rings. The van der Waals surface area contributed by atoms with Gasteiger partial charge in [-0.2, -0.15) is 0 Å². The summed E-state index contributed by atoms with van der Waals surface area (Å²) in [6.45, 7) is 1.83. The van der Waals surface area contributed by atoms with Gasteiger partial charge in [0.2, 0.25) is 9.84 Å². The summed E-state index contributed by atoms with van der Waals surface area (Å²) in [6, 6.07) is 10.0. The smallest absolute Gasteiger partial charge is 0.313 e. The van der Waals surface area contributed by atoms with E-state index < -0.39 is 27.1 Å². The van der Waals surface area contributed by atoms with E-state index in [9.17, 15) is 17.6 Å². The first-order valence-electron chi connectivity index (χ1n) is 6.43. The zero-order valence-corrected chi connectivity index (χ0v) is 12.6. The molecule has 3 N–H and O–H groups in total. The zero-order valence-electron chi connectivity index (χ0n) is 11.8. The van der Waals surface area contributed by atoms with Crippen molar-refractivity contribution in [1.82, 2.24) is 5.32 Å². The molecule has 0 radical (unpaired) electrons. The van der Waals surface area contributed by atoms with Crippen molar-refractivity contribution >= 4 is 15.9 Å². The van der Waals surface area contributed by atoms with E-state index in [1.54, 1.807) is 12.1 Å². The fourth-order valence-corrected chi connectivity index (χ4v) is 3.55. The number of carbonyl (C=O) groups excluding carboxylic acids is 1. The van der Waals surface area contributed by atoms with E-state index in [4.69, 9.17) is 5.73 Å². The minimum atomic E-state index is -3.91. The van der Waals surface area contributed by atoms with Crippen molar-refractivity contribution in [3.05, 3.63) is 65.5 Å². The Morgan fingerprint density at radius 1 is 1.09 bits per heavy atom. The number of hydrogen-bond donors (Lipinski definition) is 2. The Bertz CT molecular complexity index is 771. The molecule has 0 saturated carbocycles. The molecular weight excluding hydrogens is 307 g/mol. The van der Waals surface area contributed by atoms with Crippen molar-refractivity contribution < 1.29 is 17.6 Å². The molecule has 0 aliphatic carbocycles. The zero-order chi connectivity index (χ0) is 16.3. The van der Waals surface area contributed by atoms with Gasteiger partial charge in [-0.3, -0.25) is 0 Å². The quantitative estimate of drug-likeness (QED) is 0.905. The molecule has 0 saturated heterocycles. The number of amides is 2. The number of benzene rings is 2. The maximum Gasteiger partial charge on any atom is 0.313 e. The third kappa shape index (κ3) is 3.43. The number of sulfone groups is 1. The number of nitrogens with two attached hydrogens (primary N) is 1. The normalized spacial score (nSPS) is 12.6. The van der Waals surface area contributed by atoms with E-state index in [-0.39, 0.29) is 10.5 Å². The fraction of sp³-hybridized carbons (Fsp3) is 0.133. The highest BCUT2D eigenvalue weighted by Gasteiger charge is 2.30. The van der Waals surface area contributed by atoms with Crippen LogP contribution in [0.4, 0.5) is 9.18 Å². The van der Waals surface area contributed by atoms with Crippen LogP contribution >= 0.6 is 0 Å². The summed E-state index contributed by atoms with van der Waals surface area (Å²) in [5, 5.41) is 0.816. The van der Waals surface area contributed by atoms with E-state index >= 15 is 0 Å². The second-order valence-electron chi connectivity index (χ2n) is 4.80. The van der Waals surface area contributed by atoms with E-state index in [1.165, 1.54) is 24.3 Å². The van der Waals surface area contributed by atoms with Crippen LogP contribution < -0.4 is 11.1 Å². The largest absolute Gasteiger partial charge is 0.352 e. The van der Waals surface area contributed by atoms with Crippen LogP contribution in [-0.2, 0) is 9.84 Å². The molecule has 0 aliphatic rings. The molecule has 0 fully saturated rings. The van der Waals surface area contributed by atoms with Crippen molar-refractivity contribution in [1.29, 1.82) is 0 Å². The molecule has 0 aromatic heterocycles. The topological polar surface area (TPSA) is 89.3 Å². The van der Waals surface area contributed by atoms with Crippen LogP contribution in [0.5, 0.6) is 0 Å². The summed E-state index contributed by atoms with van der Waals surface area (Å²) < 4.78 is 38.4. The molecule has 22 heavy (non-hydrogen) atoms. The predicted molar refractivity (Wildman–Crippen MR) is 80.2 cm³/mol. The van der Waals surface area contributed by atoms with E-state index in [1.807, 2.05) is 6.92 Å². The van der Waals surface area contributed by atoms with Gasteiger partial charge in [0.25, 0.3) is 0 Å². The third-order valence-electron chi connectivity index (χ3n) is 3.11. The van der Waals surface area contributed by atoms with Crippen LogP contribution in [0.2, 0.25) is 0 Å². The summed E-state index contributed by atoms with van der Waals surface area (Å²) in [5.74, 6) is -0.505. The van der Waals surface area contributed by atoms with Crippen LogP contribution in [0.15, 0.2) is 53.4 Å². The molecule has 5 nitrogen and oxygen atoms in total. The lowest BCUT2D eigenvalue weighted by Gasteiger charge is -2.19. The number of nitrogens with one attached hydrogen (secondary N) is 1. The van der Waals surface area contributed by atoms with E-state index in [0.717, 1.165) is 17.7 Å². The van der Waals surface area contributed by atoms with Gasteiger partial charge in [-0.15, -0.1) is 0 Å². The molecule has 0 heterocycles. The van der Waals surface area contributed by atoms with Gasteiger partial charge in [0, 0.05) is 0 Å². The second kappa shape index (κ2) is 6.15. The molecule has 1 atom stereocenters. The number of rotatable bonds is 4. The van der Waals surface area contributed by atoms with Crippen molar-refractivity contribution in [2.24, 2.45) is 5.73 Å². The van der Waals surface area contributed by atoms with Crippen LogP contribution in [0.3, 0.4) is 0 Å². The molecule has 2 rings (SSSR count). The number of halogens is 1. The highest BCUT2D eigenvalue weighted by molar-refractivity contribution is 7.91. The molecule has 0 spiro atoms. The lowest BCUT2D eigenvalue weighted by atomic mass is 10.2. The molecule has 0 bridgehead atoms. The molecule has 7 heteroatoms. The van der Waals surface area contributed by atoms with Crippen molar-refractivity contribution in [3.8, 4) is 0 Å². The first kappa shape index (κ1) is 16.0. The maximum atomic E-state index is 13.0. The van der Waals surface area contributed by atoms with Gasteiger partial charge in [0.05, 0.1) is 4.90 Å². The molecule has 1 unspecified atom stereocenters. The Morgan fingerprint density at radius 3 is 2.14 bits per heavy atom. The van der Waals surface area contributed by atoms with Crippen molar-refractivity contribution in [2.75, 3.05) is 0 Å². The molecule has 2 amide bonds. The highest BCUT2D eigenvalue weighted by Crippen LogP contribution is 2.27. The van der Waals surface area contributed by atoms with Gasteiger partial charge >= 0.3 is 6.03 Å². The molecule has 116 valence electrons. The lowest BCUT2D eigenvalue weighted by Crippen LogP contribution is -2.37. The SMILES string of the molecule is Cc1ccc(S(=O)(=O)C(NC(N)=O)c2ccc(F)cc2)cc1. The van der Waals surface area contributed by atoms with E-state index in [0.29, 0.717) is 0 Å². The Kier molecular flexibility index (Phi) is 4.46. The number of primary amides is 1. The van der Waals surface area contributed by atoms with Crippen molar-refractivity contribution in [3.63, 3.8) is 0 Å². The van der Waals surface area contributed by atoms with Crippen LogP contribution in [0, 0.1) is 12.7 Å². The minimum absolute atomic E-state index is 0.0428. The summed E-state index contributed by atoms with van der Waals surface area (Å²) in [5.41, 5.74) is 6.20. The van der Waals surface area contributed by atoms with Crippen LogP contribution in [0.1, 0.15) is 16.5 Å². The van der Waals surface area contributed by atoms with E-state index in [2.05, 4.69) is 5.32 Å². The van der Waals surface area contributed by atoms with Gasteiger partial charge in [-0.1, -0.05) is 29.8 Å². The third-order valence-corrected chi connectivity index (χ3v) is 5.05. The Hall–Kier alpha value is -2.41. The standard InChI is InChI=1S/C15H15FN2O3S/c1-10-2-8-13(9-3-10)22(20,21)14(18-15(17)19)11-4-6-12(16)7-5-11/h2-9,14H,1H3,(H3,17,18,19). The van der Waals surface area contributed by atoms with Gasteiger partial charge in [0.1, 0.15) is 5.82 Å². The second-order valence-corrected chi connectivity index (χ2v) is 6.83. The Balaban J connectivity index is 2.50. The highest BCUT2D eigenvalue weighted by atomic mass is 32.2. The van der Waals surface area contributed by atoms with Crippen LogP contribution in [-0.4, -0.2) is 14.4 Å². The maximum absolute atomic E-state index is 13.0. The summed E-state index contributed by atoms with van der Waals surface area (Å²) in [4.78, 5) is 11.2. The number of carbonyl (C=O) groups is 1. The van der Waals surface area contributed by atoms with Gasteiger partial charge in [-0.05, 0) is 36.8 Å². The molecule has 0 aliphatic heterocycles. The summed E-state index contributed by atoms with van der Waals surface area (Å²) in [7, 11) is -3.91. The summed E-state index contributed by atoms with van der Waals surface area (Å²) >= 11 is 0. The van der Waals surface area contributed by atoms with Gasteiger partial charge < -0.3 is 11.1 Å². The average molecular weight is 322 g/mol. The van der Waals surface area contributed by atoms with Gasteiger partial charge in [-0.25, -0.2) is 17.6 Å². The Morgan fingerprint density at radius 2 is 1.64 bits per heavy atom. The summed E-state index contributed by atoms with van der Waals surface area (Å²) in [6.07, 6.45) is 0. The average Bonchev–Trinajstić information content (AvgIpc) is 2.46. The monoisotopic (exact) mass is 322 g/mol. The number of urea groups is 1. The van der Waals surface area contributed by atoms with Crippen LogP contribution in [0.25, 0.3) is 0 Å². The molecule has 2 aromatic carbocycles. The number of hydrogen-bond acceptors (Lipinski definition) is 3. The first-order valence-corrected chi connectivity index (χ1v) is 7.97. The Labute approximate surface area is 127 Å². The molecular formula is C15H15FN2O3S. The lowest BCUT2D eigenvalue weighted by molar-refractivity contribution is 0.248. The minimum Gasteiger partial charge on any atom is -0.352 e. The fourth-order valence-electron chi connectivity index (χ4n) is 1.97. The predicted octanol–water partition coefficient (Wildman–Crippen LogP) is 2.27.